The molecule has 1 heterocycles. The third kappa shape index (κ3) is 4.78. The zero-order chi connectivity index (χ0) is 20.3. The molecule has 1 saturated heterocycles. The van der Waals surface area contributed by atoms with E-state index in [0.29, 0.717) is 34.3 Å². The van der Waals surface area contributed by atoms with E-state index < -0.39 is 10.0 Å². The van der Waals surface area contributed by atoms with Gasteiger partial charge in [-0.05, 0) is 55.3 Å². The Bertz CT molecular complexity index is 936. The second kappa shape index (κ2) is 8.69. The zero-order valence-electron chi connectivity index (χ0n) is 15.2. The number of nitrogens with zero attached hydrogens (tertiary/aromatic N) is 1. The molecule has 0 aromatic heterocycles. The zero-order valence-corrected chi connectivity index (χ0v) is 17.5. The summed E-state index contributed by atoms with van der Waals surface area (Å²) < 4.78 is 32.0. The van der Waals surface area contributed by atoms with Crippen molar-refractivity contribution in [1.29, 1.82) is 0 Å². The highest BCUT2D eigenvalue weighted by molar-refractivity contribution is 7.89. The van der Waals surface area contributed by atoms with Crippen LogP contribution in [0, 0.1) is 5.92 Å². The Morgan fingerprint density at radius 2 is 1.64 bits per heavy atom. The van der Waals surface area contributed by atoms with Gasteiger partial charge in [0, 0.05) is 34.7 Å². The fourth-order valence-electron chi connectivity index (χ4n) is 3.13. The van der Waals surface area contributed by atoms with Crippen LogP contribution in [0.15, 0.2) is 47.4 Å². The van der Waals surface area contributed by atoms with E-state index in [4.69, 9.17) is 27.9 Å². The lowest BCUT2D eigenvalue weighted by Crippen LogP contribution is -2.41. The van der Waals surface area contributed by atoms with Crippen molar-refractivity contribution in [2.45, 2.75) is 17.7 Å². The van der Waals surface area contributed by atoms with Crippen LogP contribution in [-0.4, -0.2) is 38.8 Å². The quantitative estimate of drug-likeness (QED) is 0.757. The maximum atomic E-state index is 12.8. The van der Waals surface area contributed by atoms with Gasteiger partial charge in [0.25, 0.3) is 0 Å². The number of nitrogens with one attached hydrogen (secondary N) is 1. The Labute approximate surface area is 174 Å². The van der Waals surface area contributed by atoms with Crippen molar-refractivity contribution in [3.8, 4) is 5.75 Å². The van der Waals surface area contributed by atoms with Gasteiger partial charge in [-0.2, -0.15) is 4.31 Å². The van der Waals surface area contributed by atoms with Gasteiger partial charge in [-0.1, -0.05) is 23.2 Å². The number of hydrogen-bond donors (Lipinski definition) is 1. The lowest BCUT2D eigenvalue weighted by atomic mass is 9.97. The first kappa shape index (κ1) is 20.9. The van der Waals surface area contributed by atoms with E-state index in [2.05, 4.69) is 5.32 Å². The van der Waals surface area contributed by atoms with Gasteiger partial charge in [0.2, 0.25) is 15.9 Å². The summed E-state index contributed by atoms with van der Waals surface area (Å²) in [6, 6.07) is 11.1. The number of halogens is 2. The van der Waals surface area contributed by atoms with Crippen molar-refractivity contribution in [1.82, 2.24) is 4.31 Å². The standard InChI is InChI=1S/C19H20Cl2N2O4S/c1-27-17-2-4-18(5-3-17)28(25,26)23-8-6-13(7-9-23)19(24)22-16-11-14(20)10-15(21)12-16/h2-5,10-13H,6-9H2,1H3,(H,22,24). The Hall–Kier alpha value is -1.80. The number of carbonyl (C=O) groups is 1. The van der Waals surface area contributed by atoms with Gasteiger partial charge in [-0.15, -0.1) is 0 Å². The first-order valence-corrected chi connectivity index (χ1v) is 10.9. The highest BCUT2D eigenvalue weighted by Crippen LogP contribution is 2.27. The molecule has 0 bridgehead atoms. The van der Waals surface area contributed by atoms with Gasteiger partial charge >= 0.3 is 0 Å². The molecule has 6 nitrogen and oxygen atoms in total. The topological polar surface area (TPSA) is 75.7 Å². The Morgan fingerprint density at radius 3 is 2.18 bits per heavy atom. The number of anilines is 1. The van der Waals surface area contributed by atoms with E-state index >= 15 is 0 Å². The molecule has 150 valence electrons. The van der Waals surface area contributed by atoms with Crippen LogP contribution in [0.25, 0.3) is 0 Å². The van der Waals surface area contributed by atoms with Crippen LogP contribution in [0.4, 0.5) is 5.69 Å². The molecule has 2 aromatic carbocycles. The van der Waals surface area contributed by atoms with E-state index in [9.17, 15) is 13.2 Å². The average Bonchev–Trinajstić information content (AvgIpc) is 2.67. The highest BCUT2D eigenvalue weighted by Gasteiger charge is 2.32. The molecular formula is C19H20Cl2N2O4S. The minimum Gasteiger partial charge on any atom is -0.497 e. The fourth-order valence-corrected chi connectivity index (χ4v) is 5.12. The highest BCUT2D eigenvalue weighted by atomic mass is 35.5. The largest absolute Gasteiger partial charge is 0.497 e. The summed E-state index contributed by atoms with van der Waals surface area (Å²) in [4.78, 5) is 12.7. The number of piperidine rings is 1. The number of carbonyl (C=O) groups excluding carboxylic acids is 1. The van der Waals surface area contributed by atoms with Gasteiger partial charge in [0.15, 0.2) is 0 Å². The minimum absolute atomic E-state index is 0.167. The second-order valence-corrected chi connectivity index (χ2v) is 9.31. The Morgan fingerprint density at radius 1 is 1.07 bits per heavy atom. The average molecular weight is 443 g/mol. The molecule has 1 amide bonds. The molecule has 28 heavy (non-hydrogen) atoms. The summed E-state index contributed by atoms with van der Waals surface area (Å²) in [5.41, 5.74) is 0.524. The third-order valence-corrected chi connectivity index (χ3v) is 7.00. The van der Waals surface area contributed by atoms with E-state index in [1.807, 2.05) is 0 Å². The van der Waals surface area contributed by atoms with Crippen LogP contribution in [0.1, 0.15) is 12.8 Å². The smallest absolute Gasteiger partial charge is 0.243 e. The van der Waals surface area contributed by atoms with Gasteiger partial charge in [0.05, 0.1) is 12.0 Å². The summed E-state index contributed by atoms with van der Waals surface area (Å²) in [5, 5.41) is 3.67. The molecule has 0 spiro atoms. The molecule has 1 aliphatic heterocycles. The van der Waals surface area contributed by atoms with Crippen molar-refractivity contribution in [3.63, 3.8) is 0 Å². The second-order valence-electron chi connectivity index (χ2n) is 6.50. The minimum atomic E-state index is -3.60. The SMILES string of the molecule is COc1ccc(S(=O)(=O)N2CCC(C(=O)Nc3cc(Cl)cc(Cl)c3)CC2)cc1. The first-order chi connectivity index (χ1) is 13.3. The molecular weight excluding hydrogens is 423 g/mol. The number of methoxy groups -OCH3 is 1. The maximum Gasteiger partial charge on any atom is 0.243 e. The molecule has 0 radical (unpaired) electrons. The van der Waals surface area contributed by atoms with E-state index in [1.165, 1.54) is 23.5 Å². The van der Waals surface area contributed by atoms with Crippen LogP contribution >= 0.6 is 23.2 Å². The van der Waals surface area contributed by atoms with Gasteiger partial charge in [0.1, 0.15) is 5.75 Å². The number of benzene rings is 2. The number of rotatable bonds is 5. The molecule has 0 atom stereocenters. The fraction of sp³-hybridized carbons (Fsp3) is 0.316. The summed E-state index contributed by atoms with van der Waals surface area (Å²) in [6.45, 7) is 0.561. The van der Waals surface area contributed by atoms with Crippen LogP contribution in [0.2, 0.25) is 10.0 Å². The number of amides is 1. The van der Waals surface area contributed by atoms with Crippen molar-refractivity contribution < 1.29 is 17.9 Å². The predicted molar refractivity (Wildman–Crippen MR) is 110 cm³/mol. The van der Waals surface area contributed by atoms with Crippen LogP contribution < -0.4 is 10.1 Å². The maximum absolute atomic E-state index is 12.8. The Balaban J connectivity index is 1.62. The van der Waals surface area contributed by atoms with Gasteiger partial charge in [-0.25, -0.2) is 8.42 Å². The van der Waals surface area contributed by atoms with E-state index in [-0.39, 0.29) is 29.8 Å². The third-order valence-electron chi connectivity index (χ3n) is 4.65. The van der Waals surface area contributed by atoms with Gasteiger partial charge < -0.3 is 10.1 Å². The van der Waals surface area contributed by atoms with Crippen molar-refractivity contribution >= 4 is 44.8 Å². The summed E-state index contributed by atoms with van der Waals surface area (Å²) in [6.07, 6.45) is 0.880. The van der Waals surface area contributed by atoms with Crippen molar-refractivity contribution in [3.05, 3.63) is 52.5 Å². The summed E-state index contributed by atoms with van der Waals surface area (Å²) >= 11 is 11.9. The molecule has 3 rings (SSSR count). The molecule has 1 aliphatic rings. The number of ether oxygens (including phenoxy) is 1. The van der Waals surface area contributed by atoms with Crippen LogP contribution in [0.5, 0.6) is 5.75 Å². The normalized spacial score (nSPS) is 16.0. The van der Waals surface area contributed by atoms with Crippen LogP contribution in [0.3, 0.4) is 0 Å². The Kier molecular flexibility index (Phi) is 6.50. The van der Waals surface area contributed by atoms with Crippen molar-refractivity contribution in [2.24, 2.45) is 5.92 Å². The molecule has 1 fully saturated rings. The van der Waals surface area contributed by atoms with Crippen LogP contribution in [-0.2, 0) is 14.8 Å². The summed E-state index contributed by atoms with van der Waals surface area (Å²) in [5.74, 6) is 0.148. The lowest BCUT2D eigenvalue weighted by molar-refractivity contribution is -0.120. The predicted octanol–water partition coefficient (Wildman–Crippen LogP) is 4.04. The number of hydrogen-bond acceptors (Lipinski definition) is 4. The molecule has 0 unspecified atom stereocenters. The summed E-state index contributed by atoms with van der Waals surface area (Å²) in [7, 11) is -2.07. The molecule has 9 heteroatoms. The van der Waals surface area contributed by atoms with E-state index in [0.717, 1.165) is 0 Å². The first-order valence-electron chi connectivity index (χ1n) is 8.71. The molecule has 0 aliphatic carbocycles. The molecule has 2 aromatic rings. The number of sulfonamides is 1. The monoisotopic (exact) mass is 442 g/mol. The molecule has 1 N–H and O–H groups in total. The molecule has 0 saturated carbocycles. The van der Waals surface area contributed by atoms with Gasteiger partial charge in [-0.3, -0.25) is 4.79 Å². The van der Waals surface area contributed by atoms with E-state index in [1.54, 1.807) is 30.3 Å². The van der Waals surface area contributed by atoms with Crippen molar-refractivity contribution in [2.75, 3.05) is 25.5 Å². The lowest BCUT2D eigenvalue weighted by Gasteiger charge is -2.30.